The zero-order chi connectivity index (χ0) is 15.8. The molecule has 1 amide bonds. The molecule has 8 nitrogen and oxygen atoms in total. The van der Waals surface area contributed by atoms with E-state index in [1.54, 1.807) is 0 Å². The van der Waals surface area contributed by atoms with Gasteiger partial charge in [-0.05, 0) is 0 Å². The van der Waals surface area contributed by atoms with E-state index in [4.69, 9.17) is 4.74 Å². The van der Waals surface area contributed by atoms with Crippen LogP contribution in [0.1, 0.15) is 0 Å². The van der Waals surface area contributed by atoms with Gasteiger partial charge in [0, 0.05) is 12.2 Å². The van der Waals surface area contributed by atoms with Gasteiger partial charge in [0.05, 0.1) is 20.2 Å². The summed E-state index contributed by atoms with van der Waals surface area (Å²) in [6, 6.07) is 0. The molecule has 1 heterocycles. The summed E-state index contributed by atoms with van der Waals surface area (Å²) >= 11 is 0. The molecule has 1 aliphatic heterocycles. The lowest BCUT2D eigenvalue weighted by molar-refractivity contribution is -0.151. The summed E-state index contributed by atoms with van der Waals surface area (Å²) in [5, 5.41) is 9.67. The molecule has 1 atom stereocenters. The fourth-order valence-corrected chi connectivity index (χ4v) is 1.52. The van der Waals surface area contributed by atoms with E-state index in [9.17, 15) is 19.5 Å². The van der Waals surface area contributed by atoms with Crippen molar-refractivity contribution < 1.29 is 33.7 Å². The molecule has 1 unspecified atom stereocenters. The Labute approximate surface area is 121 Å². The number of aliphatic hydroxyl groups is 1. The van der Waals surface area contributed by atoms with Crippen LogP contribution in [0.25, 0.3) is 0 Å². The van der Waals surface area contributed by atoms with Gasteiger partial charge in [0.1, 0.15) is 19.0 Å². The maximum atomic E-state index is 11.9. The standard InChI is InChI=1S/C13H17NO7/c1-9-7-14(5-6-20-9)13(18)10(15)8-21-12(17)4-3-11(16)19-2/h3-4,10,15H,1,5-8H2,2H3/b4-3+. The molecular weight excluding hydrogens is 282 g/mol. The van der Waals surface area contributed by atoms with E-state index in [0.717, 1.165) is 19.3 Å². The number of methoxy groups -OCH3 is 1. The number of hydrogen-bond donors (Lipinski definition) is 1. The van der Waals surface area contributed by atoms with Crippen molar-refractivity contribution in [3.05, 3.63) is 24.5 Å². The van der Waals surface area contributed by atoms with Gasteiger partial charge in [0.2, 0.25) is 0 Å². The summed E-state index contributed by atoms with van der Waals surface area (Å²) in [5.41, 5.74) is 0. The van der Waals surface area contributed by atoms with Crippen molar-refractivity contribution in [3.8, 4) is 0 Å². The smallest absolute Gasteiger partial charge is 0.331 e. The summed E-state index contributed by atoms with van der Waals surface area (Å²) in [7, 11) is 1.16. The van der Waals surface area contributed by atoms with E-state index in [2.05, 4.69) is 16.1 Å². The molecule has 8 heteroatoms. The molecular formula is C13H17NO7. The van der Waals surface area contributed by atoms with Gasteiger partial charge in [0.25, 0.3) is 5.91 Å². The number of ether oxygens (including phenoxy) is 3. The number of amides is 1. The maximum Gasteiger partial charge on any atom is 0.331 e. The molecule has 1 fully saturated rings. The first-order chi connectivity index (χ1) is 9.93. The van der Waals surface area contributed by atoms with E-state index >= 15 is 0 Å². The van der Waals surface area contributed by atoms with E-state index in [1.165, 1.54) is 4.90 Å². The fourth-order valence-electron chi connectivity index (χ4n) is 1.52. The minimum absolute atomic E-state index is 0.187. The Morgan fingerprint density at radius 2 is 2.10 bits per heavy atom. The van der Waals surface area contributed by atoms with E-state index in [1.807, 2.05) is 0 Å². The molecule has 0 bridgehead atoms. The highest BCUT2D eigenvalue weighted by molar-refractivity contribution is 5.91. The predicted molar refractivity (Wildman–Crippen MR) is 69.8 cm³/mol. The molecule has 0 spiro atoms. The molecule has 0 aromatic heterocycles. The highest BCUT2D eigenvalue weighted by Gasteiger charge is 2.26. The normalized spacial score (nSPS) is 16.3. The average Bonchev–Trinajstić information content (AvgIpc) is 2.49. The Hall–Kier alpha value is -2.35. The van der Waals surface area contributed by atoms with Crippen LogP contribution in [0.3, 0.4) is 0 Å². The van der Waals surface area contributed by atoms with Crippen LogP contribution in [-0.2, 0) is 28.6 Å². The summed E-state index contributed by atoms with van der Waals surface area (Å²) in [6.07, 6.45) is 0.244. The van der Waals surface area contributed by atoms with Crippen molar-refractivity contribution in [2.75, 3.05) is 33.4 Å². The first-order valence-corrected chi connectivity index (χ1v) is 6.14. The SMILES string of the molecule is C=C1CN(C(=O)C(O)COC(=O)/C=C/C(=O)OC)CCO1. The van der Waals surface area contributed by atoms with Crippen LogP contribution in [-0.4, -0.2) is 67.4 Å². The van der Waals surface area contributed by atoms with Crippen molar-refractivity contribution >= 4 is 17.8 Å². The minimum atomic E-state index is -1.48. The van der Waals surface area contributed by atoms with E-state index < -0.39 is 30.6 Å². The van der Waals surface area contributed by atoms with E-state index in [-0.39, 0.29) is 6.54 Å². The highest BCUT2D eigenvalue weighted by atomic mass is 16.5. The zero-order valence-corrected chi connectivity index (χ0v) is 11.6. The Morgan fingerprint density at radius 1 is 1.43 bits per heavy atom. The number of nitrogens with zero attached hydrogens (tertiary/aromatic N) is 1. The van der Waals surface area contributed by atoms with Crippen LogP contribution in [0.5, 0.6) is 0 Å². The summed E-state index contributed by atoms with van der Waals surface area (Å²) in [4.78, 5) is 35.2. The third kappa shape index (κ3) is 5.65. The fraction of sp³-hybridized carbons (Fsp3) is 0.462. The number of morpholine rings is 1. The first-order valence-electron chi connectivity index (χ1n) is 6.14. The van der Waals surface area contributed by atoms with Gasteiger partial charge in [-0.2, -0.15) is 0 Å². The second-order valence-electron chi connectivity index (χ2n) is 4.15. The van der Waals surface area contributed by atoms with Crippen molar-refractivity contribution in [2.45, 2.75) is 6.10 Å². The van der Waals surface area contributed by atoms with Gasteiger partial charge in [-0.15, -0.1) is 0 Å². The molecule has 1 N–H and O–H groups in total. The van der Waals surface area contributed by atoms with Gasteiger partial charge in [-0.3, -0.25) is 4.79 Å². The second kappa shape index (κ2) is 8.05. The molecule has 21 heavy (non-hydrogen) atoms. The Balaban J connectivity index is 2.38. The second-order valence-corrected chi connectivity index (χ2v) is 4.15. The number of rotatable bonds is 5. The van der Waals surface area contributed by atoms with Gasteiger partial charge in [0.15, 0.2) is 6.10 Å². The summed E-state index contributed by atoms with van der Waals surface area (Å²) in [6.45, 7) is 3.90. The molecule has 1 rings (SSSR count). The lowest BCUT2D eigenvalue weighted by Crippen LogP contribution is -2.46. The van der Waals surface area contributed by atoms with Crippen LogP contribution in [0.4, 0.5) is 0 Å². The molecule has 0 aromatic carbocycles. The van der Waals surface area contributed by atoms with Crippen molar-refractivity contribution in [2.24, 2.45) is 0 Å². The van der Waals surface area contributed by atoms with Crippen LogP contribution in [0, 0.1) is 0 Å². The highest BCUT2D eigenvalue weighted by Crippen LogP contribution is 2.08. The van der Waals surface area contributed by atoms with Crippen molar-refractivity contribution in [1.29, 1.82) is 0 Å². The van der Waals surface area contributed by atoms with Crippen LogP contribution in [0.2, 0.25) is 0 Å². The van der Waals surface area contributed by atoms with E-state index in [0.29, 0.717) is 18.9 Å². The molecule has 1 saturated heterocycles. The maximum absolute atomic E-state index is 11.9. The number of aliphatic hydroxyl groups excluding tert-OH is 1. The number of esters is 2. The predicted octanol–water partition coefficient (Wildman–Crippen LogP) is -1.01. The van der Waals surface area contributed by atoms with Crippen LogP contribution >= 0.6 is 0 Å². The largest absolute Gasteiger partial charge is 0.495 e. The Kier molecular flexibility index (Phi) is 6.41. The third-order valence-electron chi connectivity index (χ3n) is 2.57. The Morgan fingerprint density at radius 3 is 2.71 bits per heavy atom. The third-order valence-corrected chi connectivity index (χ3v) is 2.57. The topological polar surface area (TPSA) is 102 Å². The van der Waals surface area contributed by atoms with Crippen LogP contribution < -0.4 is 0 Å². The van der Waals surface area contributed by atoms with Gasteiger partial charge >= 0.3 is 11.9 Å². The van der Waals surface area contributed by atoms with Crippen molar-refractivity contribution in [3.63, 3.8) is 0 Å². The number of hydrogen-bond acceptors (Lipinski definition) is 7. The summed E-state index contributed by atoms with van der Waals surface area (Å²) in [5.74, 6) is -1.72. The molecule has 0 aliphatic carbocycles. The van der Waals surface area contributed by atoms with Gasteiger partial charge in [-0.25, -0.2) is 9.59 Å². The number of carbonyl (C=O) groups excluding carboxylic acids is 3. The molecule has 0 aromatic rings. The molecule has 116 valence electrons. The van der Waals surface area contributed by atoms with Gasteiger partial charge in [-0.1, -0.05) is 6.58 Å². The lowest BCUT2D eigenvalue weighted by Gasteiger charge is -2.29. The summed E-state index contributed by atoms with van der Waals surface area (Å²) < 4.78 is 14.0. The minimum Gasteiger partial charge on any atom is -0.495 e. The molecule has 0 radical (unpaired) electrons. The van der Waals surface area contributed by atoms with Crippen LogP contribution in [0.15, 0.2) is 24.5 Å². The van der Waals surface area contributed by atoms with Crippen molar-refractivity contribution in [1.82, 2.24) is 4.90 Å². The monoisotopic (exact) mass is 299 g/mol. The molecule has 1 aliphatic rings. The van der Waals surface area contributed by atoms with Gasteiger partial charge < -0.3 is 24.2 Å². The lowest BCUT2D eigenvalue weighted by atomic mass is 10.3. The first kappa shape index (κ1) is 16.7. The Bertz CT molecular complexity index is 457. The quantitative estimate of drug-likeness (QED) is 0.512. The molecule has 0 saturated carbocycles. The average molecular weight is 299 g/mol. The number of carbonyl (C=O) groups is 3. The zero-order valence-electron chi connectivity index (χ0n) is 11.6.